The Morgan fingerprint density at radius 3 is 2.00 bits per heavy atom. The second-order valence-electron chi connectivity index (χ2n) is 5.25. The van der Waals surface area contributed by atoms with Gasteiger partial charge in [-0.2, -0.15) is 12.6 Å². The molecule has 0 saturated carbocycles. The number of hydrogen-bond donors (Lipinski definition) is 2. The second kappa shape index (κ2) is 8.37. The van der Waals surface area contributed by atoms with Crippen molar-refractivity contribution in [3.63, 3.8) is 0 Å². The Morgan fingerprint density at radius 1 is 0.875 bits per heavy atom. The fourth-order valence-electron chi connectivity index (χ4n) is 2.77. The minimum Gasteiger partial charge on any atom is -0.311 e. The van der Waals surface area contributed by atoms with Crippen molar-refractivity contribution in [3.8, 4) is 0 Å². The van der Waals surface area contributed by atoms with Crippen molar-refractivity contribution in [1.29, 1.82) is 0 Å². The minimum atomic E-state index is 0.861. The van der Waals surface area contributed by atoms with Crippen LogP contribution in [0, 0.1) is 0 Å². The fourth-order valence-corrected chi connectivity index (χ4v) is 2.99. The van der Waals surface area contributed by atoms with E-state index in [-0.39, 0.29) is 0 Å². The third-order valence-corrected chi connectivity index (χ3v) is 4.26. The van der Waals surface area contributed by atoms with Crippen LogP contribution in [0.4, 0.5) is 0 Å². The van der Waals surface area contributed by atoms with Crippen LogP contribution in [0.15, 0.2) is 0 Å². The first kappa shape index (κ1) is 14.3. The van der Waals surface area contributed by atoms with Crippen LogP contribution in [0.25, 0.3) is 0 Å². The summed E-state index contributed by atoms with van der Waals surface area (Å²) in [6.07, 6.45) is 11.0. The molecule has 2 nitrogen and oxygen atoms in total. The lowest BCUT2D eigenvalue weighted by atomic mass is 10.1. The molecule has 0 aromatic rings. The molecule has 0 spiro atoms. The molecule has 1 saturated heterocycles. The Labute approximate surface area is 107 Å². The highest BCUT2D eigenvalue weighted by atomic mass is 32.1. The van der Waals surface area contributed by atoms with Crippen LogP contribution in [0.3, 0.4) is 0 Å². The van der Waals surface area contributed by atoms with E-state index in [1.807, 2.05) is 0 Å². The molecule has 16 heavy (non-hydrogen) atoms. The maximum absolute atomic E-state index is 5.91. The quantitative estimate of drug-likeness (QED) is 0.365. The lowest BCUT2D eigenvalue weighted by Gasteiger charge is -2.32. The van der Waals surface area contributed by atoms with Crippen molar-refractivity contribution in [3.05, 3.63) is 0 Å². The van der Waals surface area contributed by atoms with Crippen LogP contribution < -0.4 is 5.73 Å². The largest absolute Gasteiger partial charge is 0.311 e. The zero-order chi connectivity index (χ0) is 11.7. The van der Waals surface area contributed by atoms with E-state index in [1.54, 1.807) is 0 Å². The fraction of sp³-hybridized carbons (Fsp3) is 1.00. The smallest absolute Gasteiger partial charge is 0.130 e. The summed E-state index contributed by atoms with van der Waals surface area (Å²) >= 11 is 4.23. The molecule has 0 aromatic heterocycles. The molecule has 96 valence electrons. The van der Waals surface area contributed by atoms with Gasteiger partial charge >= 0.3 is 0 Å². The summed E-state index contributed by atoms with van der Waals surface area (Å²) in [4.78, 5) is 0. The van der Waals surface area contributed by atoms with Crippen LogP contribution in [0.2, 0.25) is 0 Å². The molecule has 0 bridgehead atoms. The molecular formula is C13H29N2S+. The zero-order valence-corrected chi connectivity index (χ0v) is 11.6. The van der Waals surface area contributed by atoms with Crippen molar-refractivity contribution in [2.24, 2.45) is 5.73 Å². The minimum absolute atomic E-state index is 0.861. The molecular weight excluding hydrogens is 216 g/mol. The number of unbranched alkanes of at least 4 members (excludes halogenated alkanes) is 5. The molecule has 1 rings (SSSR count). The van der Waals surface area contributed by atoms with E-state index < -0.39 is 0 Å². The highest BCUT2D eigenvalue weighted by molar-refractivity contribution is 7.80. The molecule has 1 heterocycles. The molecule has 0 aliphatic carbocycles. The molecule has 1 fully saturated rings. The Bertz CT molecular complexity index is 167. The van der Waals surface area contributed by atoms with Gasteiger partial charge in [0.1, 0.15) is 6.67 Å². The van der Waals surface area contributed by atoms with Gasteiger partial charge in [0.15, 0.2) is 0 Å². The van der Waals surface area contributed by atoms with Gasteiger partial charge in [-0.1, -0.05) is 19.3 Å². The van der Waals surface area contributed by atoms with E-state index in [4.69, 9.17) is 5.73 Å². The van der Waals surface area contributed by atoms with Gasteiger partial charge in [0.2, 0.25) is 0 Å². The third kappa shape index (κ3) is 5.07. The molecule has 0 radical (unpaired) electrons. The average molecular weight is 245 g/mol. The van der Waals surface area contributed by atoms with Crippen LogP contribution in [-0.2, 0) is 0 Å². The van der Waals surface area contributed by atoms with Crippen molar-refractivity contribution in [2.75, 3.05) is 32.1 Å². The van der Waals surface area contributed by atoms with Crippen molar-refractivity contribution in [1.82, 2.24) is 0 Å². The number of thiol groups is 1. The first-order chi connectivity index (χ1) is 7.83. The highest BCUT2D eigenvalue weighted by Gasteiger charge is 2.29. The van der Waals surface area contributed by atoms with Crippen molar-refractivity contribution < 1.29 is 4.48 Å². The van der Waals surface area contributed by atoms with E-state index in [2.05, 4.69) is 12.6 Å². The van der Waals surface area contributed by atoms with E-state index in [9.17, 15) is 0 Å². The van der Waals surface area contributed by atoms with Crippen molar-refractivity contribution in [2.45, 2.75) is 51.4 Å². The zero-order valence-electron chi connectivity index (χ0n) is 10.7. The number of quaternary nitrogens is 1. The van der Waals surface area contributed by atoms with E-state index >= 15 is 0 Å². The summed E-state index contributed by atoms with van der Waals surface area (Å²) in [5.41, 5.74) is 5.91. The first-order valence-electron chi connectivity index (χ1n) is 6.99. The predicted molar refractivity (Wildman–Crippen MR) is 74.7 cm³/mol. The van der Waals surface area contributed by atoms with Gasteiger partial charge in [-0.15, -0.1) is 0 Å². The highest BCUT2D eigenvalue weighted by Crippen LogP contribution is 2.19. The standard InChI is InChI=1S/C13H28N2S/c14-13-15(10-6-7-11-15)9-5-3-1-2-4-8-12-16/h1-14H2/p+1. The average Bonchev–Trinajstić information content (AvgIpc) is 2.77. The van der Waals surface area contributed by atoms with Crippen LogP contribution in [0.1, 0.15) is 51.4 Å². The first-order valence-corrected chi connectivity index (χ1v) is 7.62. The Hall–Kier alpha value is 0.270. The molecule has 0 amide bonds. The summed E-state index contributed by atoms with van der Waals surface area (Å²) in [5, 5.41) is 0. The molecule has 0 atom stereocenters. The van der Waals surface area contributed by atoms with Crippen LogP contribution >= 0.6 is 12.6 Å². The summed E-state index contributed by atoms with van der Waals surface area (Å²) in [7, 11) is 0. The van der Waals surface area contributed by atoms with Gasteiger partial charge in [0.25, 0.3) is 0 Å². The topological polar surface area (TPSA) is 26.0 Å². The number of nitrogens with two attached hydrogens (primary N) is 1. The van der Waals surface area contributed by atoms with E-state index in [1.165, 1.54) is 75.5 Å². The monoisotopic (exact) mass is 245 g/mol. The van der Waals surface area contributed by atoms with Gasteiger partial charge in [-0.05, 0) is 25.0 Å². The molecule has 3 heteroatoms. The molecule has 2 N–H and O–H groups in total. The molecule has 0 aromatic carbocycles. The maximum Gasteiger partial charge on any atom is 0.130 e. The lowest BCUT2D eigenvalue weighted by molar-refractivity contribution is -0.916. The van der Waals surface area contributed by atoms with E-state index in [0.29, 0.717) is 0 Å². The van der Waals surface area contributed by atoms with Gasteiger partial charge in [0.05, 0.1) is 19.6 Å². The second-order valence-corrected chi connectivity index (χ2v) is 5.69. The maximum atomic E-state index is 5.91. The Balaban J connectivity index is 1.97. The number of rotatable bonds is 9. The predicted octanol–water partition coefficient (Wildman–Crippen LogP) is 2.78. The number of hydrogen-bond acceptors (Lipinski definition) is 2. The van der Waals surface area contributed by atoms with Crippen LogP contribution in [-0.4, -0.2) is 36.5 Å². The summed E-state index contributed by atoms with van der Waals surface area (Å²) in [6, 6.07) is 0. The number of likely N-dealkylation sites (tertiary alicyclic amines) is 1. The Morgan fingerprint density at radius 2 is 1.44 bits per heavy atom. The molecule has 1 aliphatic heterocycles. The van der Waals surface area contributed by atoms with Gasteiger partial charge in [-0.3, -0.25) is 5.73 Å². The number of nitrogens with zero attached hydrogens (tertiary/aromatic N) is 1. The molecule has 1 aliphatic rings. The van der Waals surface area contributed by atoms with Crippen LogP contribution in [0.5, 0.6) is 0 Å². The molecule has 0 unspecified atom stereocenters. The normalized spacial score (nSPS) is 19.1. The van der Waals surface area contributed by atoms with Gasteiger partial charge in [0, 0.05) is 12.8 Å². The summed E-state index contributed by atoms with van der Waals surface area (Å²) in [5.74, 6) is 1.05. The summed E-state index contributed by atoms with van der Waals surface area (Å²) in [6.45, 7) is 4.84. The van der Waals surface area contributed by atoms with Gasteiger partial charge < -0.3 is 4.48 Å². The Kier molecular flexibility index (Phi) is 7.50. The SMILES string of the molecule is NC[N+]1(CCCCCCCCS)CCCC1. The third-order valence-electron chi connectivity index (χ3n) is 3.94. The lowest BCUT2D eigenvalue weighted by Crippen LogP contribution is -2.49. The summed E-state index contributed by atoms with van der Waals surface area (Å²) < 4.78 is 1.20. The van der Waals surface area contributed by atoms with Gasteiger partial charge in [-0.25, -0.2) is 0 Å². The van der Waals surface area contributed by atoms with Crippen molar-refractivity contribution >= 4 is 12.6 Å². The van der Waals surface area contributed by atoms with E-state index in [0.717, 1.165) is 12.4 Å².